The molecule has 2 aliphatic rings. The normalized spacial score (nSPS) is 21.6. The molecule has 32 heavy (non-hydrogen) atoms. The molecule has 1 fully saturated rings. The number of carboxylic acids is 1. The van der Waals surface area contributed by atoms with Crippen LogP contribution in [0.4, 0.5) is 5.69 Å². The summed E-state index contributed by atoms with van der Waals surface area (Å²) in [7, 11) is -3.29. The quantitative estimate of drug-likeness (QED) is 0.643. The zero-order valence-electron chi connectivity index (χ0n) is 17.4. The number of carbonyl (C=O) groups excluding carboxylic acids is 1. The summed E-state index contributed by atoms with van der Waals surface area (Å²) in [5, 5.41) is 9.54. The van der Waals surface area contributed by atoms with Crippen molar-refractivity contribution in [1.82, 2.24) is 0 Å². The smallest absolute Gasteiger partial charge is 0.336 e. The summed E-state index contributed by atoms with van der Waals surface area (Å²) in [5.41, 5.74) is 2.73. The fourth-order valence-corrected chi connectivity index (χ4v) is 5.52. The second kappa shape index (κ2) is 7.03. The van der Waals surface area contributed by atoms with Gasteiger partial charge in [-0.2, -0.15) is 0 Å². The largest absolute Gasteiger partial charge is 0.478 e. The molecular formula is C25H21NO5S. The maximum atomic E-state index is 13.7. The zero-order valence-corrected chi connectivity index (χ0v) is 18.2. The van der Waals surface area contributed by atoms with E-state index in [1.54, 1.807) is 53.4 Å². The minimum atomic E-state index is -3.29. The number of hydrogen-bond donors (Lipinski definition) is 1. The Kier molecular flexibility index (Phi) is 4.49. The van der Waals surface area contributed by atoms with Crippen LogP contribution in [0.25, 0.3) is 0 Å². The van der Waals surface area contributed by atoms with Crippen LogP contribution in [0.3, 0.4) is 0 Å². The number of anilines is 1. The number of fused-ring (bicyclic) bond motifs is 2. The number of benzene rings is 3. The second-order valence-electron chi connectivity index (χ2n) is 8.44. The van der Waals surface area contributed by atoms with E-state index in [9.17, 15) is 23.1 Å². The Bertz CT molecular complexity index is 1360. The fraction of sp³-hybridized carbons (Fsp3) is 0.200. The number of carbonyl (C=O) groups is 2. The van der Waals surface area contributed by atoms with Gasteiger partial charge in [-0.15, -0.1) is 0 Å². The Morgan fingerprint density at radius 3 is 2.38 bits per heavy atom. The van der Waals surface area contributed by atoms with Crippen molar-refractivity contribution in [1.29, 1.82) is 0 Å². The van der Waals surface area contributed by atoms with Gasteiger partial charge in [0.25, 0.3) is 0 Å². The van der Waals surface area contributed by atoms with Crippen molar-refractivity contribution in [3.05, 3.63) is 95.1 Å². The Labute approximate surface area is 186 Å². The predicted molar refractivity (Wildman–Crippen MR) is 120 cm³/mol. The molecule has 1 aliphatic carbocycles. The van der Waals surface area contributed by atoms with E-state index in [1.807, 2.05) is 24.3 Å². The number of amides is 1. The zero-order chi connectivity index (χ0) is 22.7. The van der Waals surface area contributed by atoms with Gasteiger partial charge in [0.1, 0.15) is 0 Å². The van der Waals surface area contributed by atoms with E-state index in [0.29, 0.717) is 12.0 Å². The Morgan fingerprint density at radius 1 is 1.03 bits per heavy atom. The number of para-hydroxylation sites is 1. The molecule has 1 spiro atoms. The van der Waals surface area contributed by atoms with Crippen LogP contribution in [0.15, 0.2) is 77.7 Å². The predicted octanol–water partition coefficient (Wildman–Crippen LogP) is 3.76. The minimum absolute atomic E-state index is 0.0453. The molecule has 6 nitrogen and oxygen atoms in total. The highest BCUT2D eigenvalue weighted by Gasteiger charge is 2.67. The van der Waals surface area contributed by atoms with E-state index in [2.05, 4.69) is 0 Å². The van der Waals surface area contributed by atoms with E-state index in [4.69, 9.17) is 0 Å². The Hall–Kier alpha value is -3.45. The summed E-state index contributed by atoms with van der Waals surface area (Å²) < 4.78 is 23.6. The first-order valence-corrected chi connectivity index (χ1v) is 12.2. The van der Waals surface area contributed by atoms with Gasteiger partial charge in [0, 0.05) is 17.9 Å². The molecule has 1 N–H and O–H groups in total. The highest BCUT2D eigenvalue weighted by atomic mass is 32.2. The molecule has 0 unspecified atom stereocenters. The summed E-state index contributed by atoms with van der Waals surface area (Å²) in [4.78, 5) is 27.3. The van der Waals surface area contributed by atoms with Crippen molar-refractivity contribution in [2.75, 3.05) is 11.2 Å². The highest BCUT2D eigenvalue weighted by Crippen LogP contribution is 2.66. The Morgan fingerprint density at radius 2 is 1.69 bits per heavy atom. The van der Waals surface area contributed by atoms with E-state index >= 15 is 0 Å². The molecule has 1 amide bonds. The number of hydrogen-bond acceptors (Lipinski definition) is 4. The number of sulfone groups is 1. The summed E-state index contributed by atoms with van der Waals surface area (Å²) >= 11 is 0. The van der Waals surface area contributed by atoms with Crippen molar-refractivity contribution >= 4 is 27.4 Å². The van der Waals surface area contributed by atoms with Gasteiger partial charge >= 0.3 is 5.97 Å². The molecule has 5 rings (SSSR count). The molecule has 1 aliphatic heterocycles. The van der Waals surface area contributed by atoms with Gasteiger partial charge < -0.3 is 10.0 Å². The van der Waals surface area contributed by atoms with E-state index in [1.165, 1.54) is 6.26 Å². The third-order valence-corrected chi connectivity index (χ3v) is 7.68. The van der Waals surface area contributed by atoms with Crippen LogP contribution in [0.5, 0.6) is 0 Å². The van der Waals surface area contributed by atoms with Crippen LogP contribution >= 0.6 is 0 Å². The van der Waals surface area contributed by atoms with Crippen LogP contribution in [0, 0.1) is 0 Å². The molecule has 0 bridgehead atoms. The van der Waals surface area contributed by atoms with Crippen LogP contribution in [0.1, 0.15) is 39.4 Å². The highest BCUT2D eigenvalue weighted by molar-refractivity contribution is 7.90. The second-order valence-corrected chi connectivity index (χ2v) is 10.5. The summed E-state index contributed by atoms with van der Waals surface area (Å²) in [6.07, 6.45) is 1.81. The molecule has 0 saturated heterocycles. The summed E-state index contributed by atoms with van der Waals surface area (Å²) in [5.74, 6) is -1.12. The third-order valence-electron chi connectivity index (χ3n) is 6.55. The van der Waals surface area contributed by atoms with Gasteiger partial charge in [0.2, 0.25) is 5.91 Å². The first kappa shape index (κ1) is 20.5. The fourth-order valence-electron chi connectivity index (χ4n) is 4.89. The average molecular weight is 448 g/mol. The molecule has 3 aromatic rings. The molecule has 1 heterocycles. The van der Waals surface area contributed by atoms with Gasteiger partial charge in [0.15, 0.2) is 9.84 Å². The van der Waals surface area contributed by atoms with Crippen molar-refractivity contribution < 1.29 is 23.1 Å². The van der Waals surface area contributed by atoms with E-state index < -0.39 is 21.2 Å². The monoisotopic (exact) mass is 447 g/mol. The first-order chi connectivity index (χ1) is 15.2. The minimum Gasteiger partial charge on any atom is -0.478 e. The van der Waals surface area contributed by atoms with Gasteiger partial charge in [-0.05, 0) is 47.4 Å². The molecule has 162 valence electrons. The maximum absolute atomic E-state index is 13.7. The Balaban J connectivity index is 1.51. The van der Waals surface area contributed by atoms with Crippen LogP contribution in [-0.4, -0.2) is 31.7 Å². The lowest BCUT2D eigenvalue weighted by molar-refractivity contribution is -0.120. The molecule has 3 aromatic carbocycles. The standard InChI is InChI=1S/C25H21NO5S/c1-32(30,31)18-12-10-16(11-13-18)21-14-25(21)20-8-4-5-9-22(20)26(24(25)29)15-17-6-2-3-7-19(17)23(27)28/h2-13,21H,14-15H2,1H3,(H,27,28)/t21-,25+/m1/s1. The first-order valence-electron chi connectivity index (χ1n) is 10.3. The van der Waals surface area contributed by atoms with Crippen LogP contribution < -0.4 is 4.90 Å². The van der Waals surface area contributed by atoms with Crippen LogP contribution in [0.2, 0.25) is 0 Å². The third kappa shape index (κ3) is 3.04. The van der Waals surface area contributed by atoms with Crippen molar-refractivity contribution in [2.45, 2.75) is 29.2 Å². The van der Waals surface area contributed by atoms with Crippen LogP contribution in [-0.2, 0) is 26.6 Å². The lowest BCUT2D eigenvalue weighted by Gasteiger charge is -2.19. The van der Waals surface area contributed by atoms with Gasteiger partial charge in [-0.1, -0.05) is 48.5 Å². The summed E-state index contributed by atoms with van der Waals surface area (Å²) in [6, 6.07) is 21.1. The maximum Gasteiger partial charge on any atom is 0.336 e. The molecule has 7 heteroatoms. The molecular weight excluding hydrogens is 426 g/mol. The average Bonchev–Trinajstić information content (AvgIpc) is 3.49. The lowest BCUT2D eigenvalue weighted by atomic mass is 9.92. The number of rotatable bonds is 5. The van der Waals surface area contributed by atoms with E-state index in [0.717, 1.165) is 16.8 Å². The van der Waals surface area contributed by atoms with Crippen molar-refractivity contribution in [3.63, 3.8) is 0 Å². The SMILES string of the molecule is CS(=O)(=O)c1ccc([C@H]2C[C@@]23C(=O)N(Cc2ccccc2C(=O)O)c2ccccc23)cc1. The van der Waals surface area contributed by atoms with Crippen molar-refractivity contribution in [2.24, 2.45) is 0 Å². The van der Waals surface area contributed by atoms with E-state index in [-0.39, 0.29) is 28.8 Å². The number of aromatic carboxylic acids is 1. The molecule has 0 aromatic heterocycles. The van der Waals surface area contributed by atoms with Gasteiger partial charge in [0.05, 0.1) is 22.4 Å². The molecule has 0 radical (unpaired) electrons. The topological polar surface area (TPSA) is 91.8 Å². The van der Waals surface area contributed by atoms with Crippen molar-refractivity contribution in [3.8, 4) is 0 Å². The number of nitrogens with zero attached hydrogens (tertiary/aromatic N) is 1. The number of carboxylic acid groups (broad SMARTS) is 1. The molecule has 2 atom stereocenters. The van der Waals surface area contributed by atoms with Gasteiger partial charge in [-0.3, -0.25) is 4.79 Å². The van der Waals surface area contributed by atoms with Gasteiger partial charge in [-0.25, -0.2) is 13.2 Å². The summed E-state index contributed by atoms with van der Waals surface area (Å²) in [6.45, 7) is 0.180. The molecule has 1 saturated carbocycles. The lowest BCUT2D eigenvalue weighted by Crippen LogP contribution is -2.33.